The number of fused-ring (bicyclic) bond motifs is 1. The lowest BCUT2D eigenvalue weighted by Gasteiger charge is -2.43. The lowest BCUT2D eigenvalue weighted by Crippen LogP contribution is -2.60. The van der Waals surface area contributed by atoms with Crippen LogP contribution in [0.5, 0.6) is 0 Å². The third-order valence-electron chi connectivity index (χ3n) is 3.47. The van der Waals surface area contributed by atoms with Crippen LogP contribution in [0.2, 0.25) is 0 Å². The van der Waals surface area contributed by atoms with E-state index in [4.69, 9.17) is 9.84 Å². The molecule has 3 heterocycles. The van der Waals surface area contributed by atoms with Gasteiger partial charge in [-0.2, -0.15) is 0 Å². The monoisotopic (exact) mass is 327 g/mol. The highest BCUT2D eigenvalue weighted by atomic mass is 32.2. The summed E-state index contributed by atoms with van der Waals surface area (Å²) in [6.07, 6.45) is -0.419. The van der Waals surface area contributed by atoms with E-state index in [0.717, 1.165) is 0 Å². The Balaban J connectivity index is 1.78. The highest BCUT2D eigenvalue weighted by molar-refractivity contribution is 8.04. The number of thioether (sulfide) groups is 1. The first-order valence-electron chi connectivity index (χ1n) is 6.51. The third-order valence-corrected chi connectivity index (χ3v) is 4.88. The number of ether oxygens (including phenoxy) is 1. The number of aryl methyl sites for hydroxylation is 1. The lowest BCUT2D eigenvalue weighted by atomic mass is 9.93. The van der Waals surface area contributed by atoms with Crippen molar-refractivity contribution in [1.82, 2.24) is 25.1 Å². The molecule has 0 radical (unpaired) electrons. The predicted octanol–water partition coefficient (Wildman–Crippen LogP) is -0.161. The van der Waals surface area contributed by atoms with Crippen LogP contribution < -0.4 is 0 Å². The van der Waals surface area contributed by atoms with Gasteiger partial charge < -0.3 is 14.9 Å². The number of aliphatic hydroxyl groups is 1. The zero-order valence-corrected chi connectivity index (χ0v) is 12.3. The van der Waals surface area contributed by atoms with Crippen molar-refractivity contribution in [3.8, 4) is 0 Å². The van der Waals surface area contributed by atoms with Gasteiger partial charge in [-0.05, 0) is 17.4 Å². The maximum absolute atomic E-state index is 12.1. The Morgan fingerprint density at radius 1 is 1.59 bits per heavy atom. The molecule has 0 aliphatic carbocycles. The Labute approximate surface area is 128 Å². The number of carboxylic acid groups (broad SMARTS) is 1. The van der Waals surface area contributed by atoms with Gasteiger partial charge in [0.2, 0.25) is 11.8 Å². The summed E-state index contributed by atoms with van der Waals surface area (Å²) in [4.78, 5) is 24.8. The molecule has 10 nitrogen and oxygen atoms in total. The average Bonchev–Trinajstić information content (AvgIpc) is 3.01. The summed E-state index contributed by atoms with van der Waals surface area (Å²) in [6.45, 7) is 1.97. The first-order valence-corrected chi connectivity index (χ1v) is 7.39. The minimum atomic E-state index is -1.48. The molecule has 3 atom stereocenters. The Morgan fingerprint density at radius 3 is 2.95 bits per heavy atom. The quantitative estimate of drug-likeness (QED) is 0.559. The van der Waals surface area contributed by atoms with Gasteiger partial charge in [-0.25, -0.2) is 9.48 Å². The van der Waals surface area contributed by atoms with Gasteiger partial charge in [-0.1, -0.05) is 11.8 Å². The van der Waals surface area contributed by atoms with Crippen LogP contribution in [0.15, 0.2) is 17.1 Å². The number of aromatic nitrogens is 4. The van der Waals surface area contributed by atoms with Gasteiger partial charge in [-0.15, -0.1) is 5.10 Å². The van der Waals surface area contributed by atoms with E-state index >= 15 is 0 Å². The largest absolute Gasteiger partial charge is 0.512 e. The topological polar surface area (TPSA) is 131 Å². The van der Waals surface area contributed by atoms with Crippen molar-refractivity contribution in [2.45, 2.75) is 31.4 Å². The molecule has 22 heavy (non-hydrogen) atoms. The van der Waals surface area contributed by atoms with E-state index in [1.54, 1.807) is 0 Å². The molecule has 1 aromatic heterocycles. The molecule has 1 unspecified atom stereocenters. The van der Waals surface area contributed by atoms with Crippen molar-refractivity contribution >= 4 is 23.8 Å². The standard InChI is InChI=1S/C11H13N5O5S/c1-5(17)7-8(18)16-9(21-11(19)20)6(22-10(7)16)2-3-15-4-12-13-14-15/h4-5,7,10,17H,2-3H2,1H3,(H,19,20)/t5?,7-,10+/m0/s1. The second-order valence-corrected chi connectivity index (χ2v) is 6.11. The molecule has 0 spiro atoms. The number of carbonyl (C=O) groups is 2. The molecule has 1 aromatic rings. The summed E-state index contributed by atoms with van der Waals surface area (Å²) < 4.78 is 6.26. The van der Waals surface area contributed by atoms with Crippen LogP contribution in [-0.2, 0) is 16.1 Å². The van der Waals surface area contributed by atoms with Crippen molar-refractivity contribution in [2.75, 3.05) is 0 Å². The van der Waals surface area contributed by atoms with E-state index in [9.17, 15) is 14.7 Å². The highest BCUT2D eigenvalue weighted by Gasteiger charge is 2.57. The molecular formula is C11H13N5O5S. The van der Waals surface area contributed by atoms with Crippen molar-refractivity contribution in [1.29, 1.82) is 0 Å². The fraction of sp³-hybridized carbons (Fsp3) is 0.545. The SMILES string of the molecule is CC(O)[C@H]1C(=O)N2C(OC(=O)O)=C(CCn3cnnn3)S[C@H]12. The number of β-lactam (4-membered cyclic amide) rings is 1. The summed E-state index contributed by atoms with van der Waals surface area (Å²) in [5.41, 5.74) is 0. The maximum atomic E-state index is 12.1. The molecule has 2 N–H and O–H groups in total. The molecule has 0 aromatic carbocycles. The van der Waals surface area contributed by atoms with Crippen molar-refractivity contribution in [2.24, 2.45) is 5.92 Å². The van der Waals surface area contributed by atoms with Crippen LogP contribution in [0.25, 0.3) is 0 Å². The van der Waals surface area contributed by atoms with Crippen LogP contribution in [0.3, 0.4) is 0 Å². The Morgan fingerprint density at radius 2 is 2.36 bits per heavy atom. The van der Waals surface area contributed by atoms with Crippen molar-refractivity contribution in [3.05, 3.63) is 17.1 Å². The van der Waals surface area contributed by atoms with Crippen molar-refractivity contribution in [3.63, 3.8) is 0 Å². The smallest absolute Gasteiger partial charge is 0.449 e. The van der Waals surface area contributed by atoms with Gasteiger partial charge in [0.25, 0.3) is 0 Å². The summed E-state index contributed by atoms with van der Waals surface area (Å²) in [5.74, 6) is -0.860. The summed E-state index contributed by atoms with van der Waals surface area (Å²) in [7, 11) is 0. The molecule has 0 saturated carbocycles. The Kier molecular flexibility index (Phi) is 3.74. The van der Waals surface area contributed by atoms with E-state index in [1.807, 2.05) is 0 Å². The van der Waals surface area contributed by atoms with Gasteiger partial charge in [0.1, 0.15) is 11.7 Å². The van der Waals surface area contributed by atoms with E-state index in [1.165, 1.54) is 34.6 Å². The molecule has 3 rings (SSSR count). The second kappa shape index (κ2) is 5.57. The minimum Gasteiger partial charge on any atom is -0.449 e. The number of aliphatic hydroxyl groups excluding tert-OH is 1. The van der Waals surface area contributed by atoms with E-state index in [0.29, 0.717) is 17.9 Å². The summed E-state index contributed by atoms with van der Waals surface area (Å²) in [5, 5.41) is 28.9. The number of nitrogens with zero attached hydrogens (tertiary/aromatic N) is 5. The Bertz CT molecular complexity index is 631. The maximum Gasteiger partial charge on any atom is 0.512 e. The third kappa shape index (κ3) is 2.41. The molecule has 1 saturated heterocycles. The van der Waals surface area contributed by atoms with Crippen molar-refractivity contribution < 1.29 is 24.5 Å². The first kappa shape index (κ1) is 14.8. The van der Waals surface area contributed by atoms with Gasteiger partial charge in [-0.3, -0.25) is 9.69 Å². The molecule has 118 valence electrons. The number of hydrogen-bond donors (Lipinski definition) is 2. The molecule has 2 aliphatic rings. The predicted molar refractivity (Wildman–Crippen MR) is 72.0 cm³/mol. The van der Waals surface area contributed by atoms with Crippen LogP contribution in [-0.4, -0.2) is 58.9 Å². The fourth-order valence-corrected chi connectivity index (χ4v) is 3.99. The van der Waals surface area contributed by atoms with Crippen LogP contribution >= 0.6 is 11.8 Å². The van der Waals surface area contributed by atoms with Gasteiger partial charge in [0, 0.05) is 17.9 Å². The van der Waals surface area contributed by atoms with Crippen LogP contribution in [0.1, 0.15) is 13.3 Å². The summed E-state index contributed by atoms with van der Waals surface area (Å²) in [6, 6.07) is 0. The molecular weight excluding hydrogens is 314 g/mol. The number of tetrazole rings is 1. The summed E-state index contributed by atoms with van der Waals surface area (Å²) >= 11 is 1.33. The average molecular weight is 327 g/mol. The zero-order chi connectivity index (χ0) is 15.9. The highest BCUT2D eigenvalue weighted by Crippen LogP contribution is 2.51. The van der Waals surface area contributed by atoms with Crippen LogP contribution in [0, 0.1) is 5.92 Å². The Hall–Kier alpha value is -2.14. The molecule has 2 aliphatic heterocycles. The molecule has 0 bridgehead atoms. The molecule has 1 amide bonds. The number of allylic oxidation sites excluding steroid dienone is 1. The molecule has 11 heteroatoms. The van der Waals surface area contributed by atoms with E-state index in [-0.39, 0.29) is 17.2 Å². The van der Waals surface area contributed by atoms with Gasteiger partial charge in [0.05, 0.1) is 12.0 Å². The number of rotatable bonds is 5. The number of carbonyl (C=O) groups excluding carboxylic acids is 1. The van der Waals surface area contributed by atoms with Gasteiger partial charge >= 0.3 is 6.16 Å². The fourth-order valence-electron chi connectivity index (χ4n) is 2.46. The van der Waals surface area contributed by atoms with E-state index in [2.05, 4.69) is 15.5 Å². The van der Waals surface area contributed by atoms with Crippen LogP contribution in [0.4, 0.5) is 4.79 Å². The lowest BCUT2D eigenvalue weighted by molar-refractivity contribution is -0.155. The second-order valence-electron chi connectivity index (χ2n) is 4.90. The van der Waals surface area contributed by atoms with E-state index < -0.39 is 18.2 Å². The normalized spacial score (nSPS) is 25.0. The van der Waals surface area contributed by atoms with Gasteiger partial charge in [0.15, 0.2) is 0 Å². The zero-order valence-electron chi connectivity index (χ0n) is 11.5. The minimum absolute atomic E-state index is 0.0254. The number of amides is 1. The first-order chi connectivity index (χ1) is 10.5. The molecule has 1 fully saturated rings. The number of hydrogen-bond acceptors (Lipinski definition) is 8.